The van der Waals surface area contributed by atoms with Crippen molar-refractivity contribution in [3.05, 3.63) is 83.4 Å². The number of rotatable bonds is 8. The van der Waals surface area contributed by atoms with E-state index in [4.69, 9.17) is 19.5 Å². The molecule has 1 N–H and O–H groups in total. The molecule has 0 bridgehead atoms. The van der Waals surface area contributed by atoms with Crippen molar-refractivity contribution >= 4 is 11.6 Å². The van der Waals surface area contributed by atoms with Crippen LogP contribution in [0.2, 0.25) is 0 Å². The lowest BCUT2D eigenvalue weighted by molar-refractivity contribution is -0.115. The van der Waals surface area contributed by atoms with Crippen LogP contribution in [0.1, 0.15) is 16.7 Å². The van der Waals surface area contributed by atoms with Crippen LogP contribution in [0.5, 0.6) is 17.2 Å². The summed E-state index contributed by atoms with van der Waals surface area (Å²) in [5, 5.41) is 11.9. The van der Waals surface area contributed by atoms with Crippen LogP contribution in [0, 0.1) is 11.3 Å². The highest BCUT2D eigenvalue weighted by atomic mass is 16.5. The lowest BCUT2D eigenvalue weighted by atomic mass is 10.1. The van der Waals surface area contributed by atoms with Crippen molar-refractivity contribution in [1.29, 1.82) is 5.26 Å². The quantitative estimate of drug-likeness (QED) is 0.606. The standard InChI is InChI=1S/C24H22N2O4/c1-28-21-9-10-23(29-2)19(12-21)13-24(27)26-20-7-4-8-22(14-20)30-16-18-6-3-5-17(11-18)15-25/h3-12,14H,13,16H2,1-2H3,(H,26,27). The Labute approximate surface area is 175 Å². The monoisotopic (exact) mass is 402 g/mol. The van der Waals surface area contributed by atoms with Gasteiger partial charge in [0.05, 0.1) is 32.3 Å². The molecule has 0 saturated carbocycles. The summed E-state index contributed by atoms with van der Waals surface area (Å²) in [6.07, 6.45) is 0.145. The van der Waals surface area contributed by atoms with Gasteiger partial charge in [0, 0.05) is 17.3 Å². The molecule has 3 aromatic rings. The highest BCUT2D eigenvalue weighted by Gasteiger charge is 2.11. The molecule has 6 heteroatoms. The van der Waals surface area contributed by atoms with Gasteiger partial charge in [0.1, 0.15) is 23.9 Å². The molecule has 0 aliphatic rings. The van der Waals surface area contributed by atoms with Gasteiger partial charge >= 0.3 is 0 Å². The second kappa shape index (κ2) is 9.99. The number of carbonyl (C=O) groups is 1. The van der Waals surface area contributed by atoms with E-state index < -0.39 is 0 Å². The van der Waals surface area contributed by atoms with Crippen LogP contribution in [0.3, 0.4) is 0 Å². The van der Waals surface area contributed by atoms with Crippen molar-refractivity contribution < 1.29 is 19.0 Å². The Hall–Kier alpha value is -3.98. The molecule has 3 aromatic carbocycles. The number of hydrogen-bond acceptors (Lipinski definition) is 5. The molecule has 0 atom stereocenters. The van der Waals surface area contributed by atoms with E-state index >= 15 is 0 Å². The van der Waals surface area contributed by atoms with Crippen molar-refractivity contribution in [3.8, 4) is 23.3 Å². The SMILES string of the molecule is COc1ccc(OC)c(CC(=O)Nc2cccc(OCc3cccc(C#N)c3)c2)c1. The molecular weight excluding hydrogens is 380 g/mol. The zero-order valence-corrected chi connectivity index (χ0v) is 16.8. The molecule has 0 saturated heterocycles. The molecule has 0 aliphatic heterocycles. The maximum atomic E-state index is 12.5. The molecule has 1 amide bonds. The van der Waals surface area contributed by atoms with Gasteiger partial charge in [-0.1, -0.05) is 18.2 Å². The van der Waals surface area contributed by atoms with Crippen LogP contribution < -0.4 is 19.5 Å². The zero-order valence-electron chi connectivity index (χ0n) is 16.8. The fraction of sp³-hybridized carbons (Fsp3) is 0.167. The number of carbonyl (C=O) groups excluding carboxylic acids is 1. The largest absolute Gasteiger partial charge is 0.497 e. The third kappa shape index (κ3) is 5.52. The van der Waals surface area contributed by atoms with Crippen LogP contribution in [0.15, 0.2) is 66.7 Å². The van der Waals surface area contributed by atoms with Crippen LogP contribution in [-0.4, -0.2) is 20.1 Å². The summed E-state index contributed by atoms with van der Waals surface area (Å²) in [7, 11) is 3.14. The Morgan fingerprint density at radius 3 is 2.57 bits per heavy atom. The van der Waals surface area contributed by atoms with E-state index in [1.165, 1.54) is 0 Å². The van der Waals surface area contributed by atoms with Crippen molar-refractivity contribution in [2.45, 2.75) is 13.0 Å². The second-order valence-corrected chi connectivity index (χ2v) is 6.53. The Morgan fingerprint density at radius 2 is 1.80 bits per heavy atom. The Morgan fingerprint density at radius 1 is 0.967 bits per heavy atom. The summed E-state index contributed by atoms with van der Waals surface area (Å²) < 4.78 is 16.4. The molecular formula is C24H22N2O4. The number of nitriles is 1. The Balaban J connectivity index is 1.63. The van der Waals surface area contributed by atoms with Gasteiger partial charge in [-0.3, -0.25) is 4.79 Å². The van der Waals surface area contributed by atoms with E-state index in [1.807, 2.05) is 24.3 Å². The number of ether oxygens (including phenoxy) is 3. The molecule has 0 radical (unpaired) electrons. The van der Waals surface area contributed by atoms with Crippen LogP contribution in [0.4, 0.5) is 5.69 Å². The van der Waals surface area contributed by atoms with Gasteiger partial charge in [-0.2, -0.15) is 5.26 Å². The zero-order chi connectivity index (χ0) is 21.3. The molecule has 3 rings (SSSR count). The topological polar surface area (TPSA) is 80.6 Å². The summed E-state index contributed by atoms with van der Waals surface area (Å²) in [5.74, 6) is 1.73. The summed E-state index contributed by atoms with van der Waals surface area (Å²) >= 11 is 0. The molecule has 0 heterocycles. The predicted molar refractivity (Wildman–Crippen MR) is 114 cm³/mol. The lowest BCUT2D eigenvalue weighted by Gasteiger charge is -2.12. The molecule has 0 aliphatic carbocycles. The van der Waals surface area contributed by atoms with E-state index in [0.717, 1.165) is 11.1 Å². The fourth-order valence-electron chi connectivity index (χ4n) is 2.96. The smallest absolute Gasteiger partial charge is 0.228 e. The van der Waals surface area contributed by atoms with E-state index in [9.17, 15) is 4.79 Å². The van der Waals surface area contributed by atoms with E-state index in [0.29, 0.717) is 35.1 Å². The Bertz CT molecular complexity index is 1070. The van der Waals surface area contributed by atoms with Gasteiger partial charge < -0.3 is 19.5 Å². The van der Waals surface area contributed by atoms with Crippen molar-refractivity contribution in [1.82, 2.24) is 0 Å². The van der Waals surface area contributed by atoms with E-state index in [2.05, 4.69) is 11.4 Å². The number of nitrogens with one attached hydrogen (secondary N) is 1. The minimum Gasteiger partial charge on any atom is -0.497 e. The lowest BCUT2D eigenvalue weighted by Crippen LogP contribution is -2.15. The van der Waals surface area contributed by atoms with Crippen molar-refractivity contribution in [2.24, 2.45) is 0 Å². The predicted octanol–water partition coefficient (Wildman–Crippen LogP) is 4.34. The summed E-state index contributed by atoms with van der Waals surface area (Å²) in [6.45, 7) is 0.327. The minimum atomic E-state index is -0.180. The second-order valence-electron chi connectivity index (χ2n) is 6.53. The third-order valence-electron chi connectivity index (χ3n) is 4.42. The maximum absolute atomic E-state index is 12.5. The average molecular weight is 402 g/mol. The third-order valence-corrected chi connectivity index (χ3v) is 4.42. The van der Waals surface area contributed by atoms with Gasteiger partial charge in [0.25, 0.3) is 0 Å². The van der Waals surface area contributed by atoms with Gasteiger partial charge in [0.15, 0.2) is 0 Å². The number of anilines is 1. The van der Waals surface area contributed by atoms with E-state index in [1.54, 1.807) is 56.7 Å². The molecule has 0 aromatic heterocycles. The van der Waals surface area contributed by atoms with Crippen LogP contribution in [0.25, 0.3) is 0 Å². The average Bonchev–Trinajstić information content (AvgIpc) is 2.78. The van der Waals surface area contributed by atoms with Gasteiger partial charge in [-0.15, -0.1) is 0 Å². The number of benzene rings is 3. The van der Waals surface area contributed by atoms with Gasteiger partial charge in [-0.25, -0.2) is 0 Å². The first-order chi connectivity index (χ1) is 14.6. The molecule has 0 unspecified atom stereocenters. The Kier molecular flexibility index (Phi) is 6.91. The molecule has 6 nitrogen and oxygen atoms in total. The molecule has 0 fully saturated rings. The number of nitrogens with zero attached hydrogens (tertiary/aromatic N) is 1. The summed E-state index contributed by atoms with van der Waals surface area (Å²) in [5.41, 5.74) is 2.85. The van der Waals surface area contributed by atoms with Gasteiger partial charge in [0.2, 0.25) is 5.91 Å². The number of methoxy groups -OCH3 is 2. The number of hydrogen-bond donors (Lipinski definition) is 1. The van der Waals surface area contributed by atoms with Crippen molar-refractivity contribution in [3.63, 3.8) is 0 Å². The molecule has 0 spiro atoms. The summed E-state index contributed by atoms with van der Waals surface area (Å²) in [6, 6.07) is 21.9. The maximum Gasteiger partial charge on any atom is 0.228 e. The fourth-order valence-corrected chi connectivity index (χ4v) is 2.96. The first-order valence-corrected chi connectivity index (χ1v) is 9.34. The van der Waals surface area contributed by atoms with Crippen LogP contribution in [-0.2, 0) is 17.8 Å². The molecule has 152 valence electrons. The number of amides is 1. The highest BCUT2D eigenvalue weighted by molar-refractivity contribution is 5.92. The van der Waals surface area contributed by atoms with E-state index in [-0.39, 0.29) is 12.3 Å². The van der Waals surface area contributed by atoms with Crippen molar-refractivity contribution in [2.75, 3.05) is 19.5 Å². The highest BCUT2D eigenvalue weighted by Crippen LogP contribution is 2.25. The first-order valence-electron chi connectivity index (χ1n) is 9.34. The van der Waals surface area contributed by atoms with Crippen LogP contribution >= 0.6 is 0 Å². The summed E-state index contributed by atoms with van der Waals surface area (Å²) in [4.78, 5) is 12.5. The first kappa shape index (κ1) is 20.7. The van der Waals surface area contributed by atoms with Gasteiger partial charge in [-0.05, 0) is 48.0 Å². The molecule has 30 heavy (non-hydrogen) atoms. The normalized spacial score (nSPS) is 10.0. The minimum absolute atomic E-state index is 0.145.